The van der Waals surface area contributed by atoms with Crippen LogP contribution in [-0.2, 0) is 14.3 Å². The van der Waals surface area contributed by atoms with Crippen LogP contribution in [0.2, 0.25) is 0 Å². The minimum absolute atomic E-state index is 0.0984. The maximum atomic E-state index is 11.8. The Morgan fingerprint density at radius 1 is 1.40 bits per heavy atom. The summed E-state index contributed by atoms with van der Waals surface area (Å²) in [4.78, 5) is 25.5. The monoisotopic (exact) mass is 214 g/mol. The van der Waals surface area contributed by atoms with Crippen LogP contribution in [0, 0.1) is 5.41 Å². The fourth-order valence-corrected chi connectivity index (χ4v) is 1.99. The highest BCUT2D eigenvalue weighted by atomic mass is 16.5. The molecule has 5 heteroatoms. The Kier molecular flexibility index (Phi) is 3.82. The lowest BCUT2D eigenvalue weighted by Gasteiger charge is -2.36. The van der Waals surface area contributed by atoms with Gasteiger partial charge in [-0.25, -0.2) is 0 Å². The van der Waals surface area contributed by atoms with E-state index in [2.05, 4.69) is 4.90 Å². The average Bonchev–Trinajstić information content (AvgIpc) is 2.28. The average molecular weight is 214 g/mol. The Labute approximate surface area is 89.6 Å². The largest absolute Gasteiger partial charge is 0.468 e. The van der Waals surface area contributed by atoms with Gasteiger partial charge in [-0.2, -0.15) is 0 Å². The Balaban J connectivity index is 2.87. The first-order valence-electron chi connectivity index (χ1n) is 5.07. The van der Waals surface area contributed by atoms with Gasteiger partial charge in [0.1, 0.15) is 5.41 Å². The van der Waals surface area contributed by atoms with Gasteiger partial charge in [0.15, 0.2) is 5.78 Å². The van der Waals surface area contributed by atoms with E-state index in [0.717, 1.165) is 13.1 Å². The van der Waals surface area contributed by atoms with Crippen molar-refractivity contribution in [1.82, 2.24) is 4.90 Å². The third kappa shape index (κ3) is 2.18. The molecule has 0 saturated carbocycles. The normalized spacial score (nSPS) is 21.0. The maximum Gasteiger partial charge on any atom is 0.319 e. The third-order valence-corrected chi connectivity index (χ3v) is 3.14. The highest BCUT2D eigenvalue weighted by Gasteiger charge is 2.47. The number of esters is 1. The zero-order valence-electron chi connectivity index (χ0n) is 9.28. The van der Waals surface area contributed by atoms with Gasteiger partial charge in [-0.15, -0.1) is 0 Å². The standard InChI is InChI=1S/C10H18N2O3/c1-12-5-3-10(4-6-12,8(13)7-11)9(14)15-2/h3-7,11H2,1-2H3. The number of carbonyl (C=O) groups is 2. The summed E-state index contributed by atoms with van der Waals surface area (Å²) in [6.45, 7) is 1.35. The number of ketones is 1. The van der Waals surface area contributed by atoms with Gasteiger partial charge in [0.25, 0.3) is 0 Å². The fourth-order valence-electron chi connectivity index (χ4n) is 1.99. The van der Waals surface area contributed by atoms with E-state index in [4.69, 9.17) is 10.5 Å². The number of piperidine rings is 1. The topological polar surface area (TPSA) is 72.6 Å². The molecule has 2 N–H and O–H groups in total. The molecule has 0 aliphatic carbocycles. The zero-order valence-corrected chi connectivity index (χ0v) is 9.28. The van der Waals surface area contributed by atoms with Gasteiger partial charge in [0, 0.05) is 0 Å². The number of rotatable bonds is 3. The molecule has 1 fully saturated rings. The van der Waals surface area contributed by atoms with Crippen molar-refractivity contribution in [2.75, 3.05) is 33.8 Å². The lowest BCUT2D eigenvalue weighted by Crippen LogP contribution is -2.50. The van der Waals surface area contributed by atoms with Crippen molar-refractivity contribution in [3.05, 3.63) is 0 Å². The molecular weight excluding hydrogens is 196 g/mol. The molecule has 1 aliphatic heterocycles. The fraction of sp³-hybridized carbons (Fsp3) is 0.800. The predicted molar refractivity (Wildman–Crippen MR) is 55.2 cm³/mol. The van der Waals surface area contributed by atoms with Crippen LogP contribution in [0.4, 0.5) is 0 Å². The summed E-state index contributed by atoms with van der Waals surface area (Å²) in [5, 5.41) is 0. The molecule has 0 bridgehead atoms. The van der Waals surface area contributed by atoms with Crippen LogP contribution in [0.1, 0.15) is 12.8 Å². The maximum absolute atomic E-state index is 11.8. The summed E-state index contributed by atoms with van der Waals surface area (Å²) in [5.74, 6) is -0.645. The van der Waals surface area contributed by atoms with Crippen molar-refractivity contribution >= 4 is 11.8 Å². The summed E-state index contributed by atoms with van der Waals surface area (Å²) in [6.07, 6.45) is 1.01. The molecule has 0 atom stereocenters. The van der Waals surface area contributed by atoms with Crippen LogP contribution in [0.5, 0.6) is 0 Å². The lowest BCUT2D eigenvalue weighted by molar-refractivity contribution is -0.160. The molecule has 86 valence electrons. The zero-order chi connectivity index (χ0) is 11.5. The molecule has 0 aromatic carbocycles. The molecule has 0 radical (unpaired) electrons. The molecule has 0 aromatic rings. The van der Waals surface area contributed by atoms with E-state index in [1.807, 2.05) is 7.05 Å². The first-order valence-corrected chi connectivity index (χ1v) is 5.07. The number of ether oxygens (including phenoxy) is 1. The summed E-state index contributed by atoms with van der Waals surface area (Å²) >= 11 is 0. The molecule has 15 heavy (non-hydrogen) atoms. The van der Waals surface area contributed by atoms with Gasteiger partial charge in [0.05, 0.1) is 13.7 Å². The van der Waals surface area contributed by atoms with Crippen LogP contribution >= 0.6 is 0 Å². The molecule has 0 amide bonds. The van der Waals surface area contributed by atoms with Gasteiger partial charge in [-0.3, -0.25) is 9.59 Å². The van der Waals surface area contributed by atoms with Crippen LogP contribution in [0.25, 0.3) is 0 Å². The smallest absolute Gasteiger partial charge is 0.319 e. The molecule has 1 heterocycles. The Bertz CT molecular complexity index is 239. The van der Waals surface area contributed by atoms with Crippen molar-refractivity contribution in [2.24, 2.45) is 11.1 Å². The van der Waals surface area contributed by atoms with Gasteiger partial charge >= 0.3 is 5.97 Å². The SMILES string of the molecule is COC(=O)C1(C(=O)CN)CCN(C)CC1. The molecule has 1 aliphatic rings. The quantitative estimate of drug-likeness (QED) is 0.501. The Hall–Kier alpha value is -0.940. The van der Waals surface area contributed by atoms with Crippen molar-refractivity contribution in [1.29, 1.82) is 0 Å². The summed E-state index contributed by atoms with van der Waals surface area (Å²) < 4.78 is 4.72. The Morgan fingerprint density at radius 2 is 1.93 bits per heavy atom. The van der Waals surface area contributed by atoms with E-state index in [9.17, 15) is 9.59 Å². The summed E-state index contributed by atoms with van der Waals surface area (Å²) in [5.41, 5.74) is 4.35. The first-order chi connectivity index (χ1) is 7.06. The van der Waals surface area contributed by atoms with E-state index >= 15 is 0 Å². The second-order valence-corrected chi connectivity index (χ2v) is 4.00. The summed E-state index contributed by atoms with van der Waals surface area (Å²) in [7, 11) is 3.28. The van der Waals surface area contributed by atoms with Crippen molar-refractivity contribution in [3.63, 3.8) is 0 Å². The first kappa shape index (κ1) is 12.1. The molecule has 1 rings (SSSR count). The van der Waals surface area contributed by atoms with Gasteiger partial charge in [0.2, 0.25) is 0 Å². The van der Waals surface area contributed by atoms with E-state index in [0.29, 0.717) is 12.8 Å². The predicted octanol–water partition coefficient (Wildman–Crippen LogP) is -0.601. The number of methoxy groups -OCH3 is 1. The third-order valence-electron chi connectivity index (χ3n) is 3.14. The van der Waals surface area contributed by atoms with Crippen molar-refractivity contribution < 1.29 is 14.3 Å². The molecule has 5 nitrogen and oxygen atoms in total. The van der Waals surface area contributed by atoms with Crippen LogP contribution in [0.15, 0.2) is 0 Å². The van der Waals surface area contributed by atoms with Gasteiger partial charge in [-0.05, 0) is 33.0 Å². The number of carbonyl (C=O) groups excluding carboxylic acids is 2. The number of likely N-dealkylation sites (tertiary alicyclic amines) is 1. The lowest BCUT2D eigenvalue weighted by atomic mass is 9.75. The van der Waals surface area contributed by atoms with E-state index in [1.165, 1.54) is 7.11 Å². The molecule has 1 saturated heterocycles. The highest BCUT2D eigenvalue weighted by Crippen LogP contribution is 2.33. The summed E-state index contributed by atoms with van der Waals surface area (Å²) in [6, 6.07) is 0. The van der Waals surface area contributed by atoms with E-state index in [1.54, 1.807) is 0 Å². The minimum atomic E-state index is -0.990. The molecule has 0 spiro atoms. The van der Waals surface area contributed by atoms with Crippen LogP contribution < -0.4 is 5.73 Å². The second-order valence-electron chi connectivity index (χ2n) is 4.00. The number of nitrogens with two attached hydrogens (primary N) is 1. The highest BCUT2D eigenvalue weighted by molar-refractivity contribution is 6.04. The van der Waals surface area contributed by atoms with Crippen molar-refractivity contribution in [2.45, 2.75) is 12.8 Å². The van der Waals surface area contributed by atoms with E-state index in [-0.39, 0.29) is 12.3 Å². The number of nitrogens with zero attached hydrogens (tertiary/aromatic N) is 1. The van der Waals surface area contributed by atoms with E-state index < -0.39 is 11.4 Å². The molecule has 0 unspecified atom stereocenters. The molecule has 0 aromatic heterocycles. The van der Waals surface area contributed by atoms with Crippen LogP contribution in [0.3, 0.4) is 0 Å². The number of Topliss-reactive ketones (excluding diaryl/α,β-unsaturated/α-hetero) is 1. The van der Waals surface area contributed by atoms with Gasteiger partial charge < -0.3 is 15.4 Å². The molecular formula is C10H18N2O3. The minimum Gasteiger partial charge on any atom is -0.468 e. The Morgan fingerprint density at radius 3 is 2.33 bits per heavy atom. The second kappa shape index (κ2) is 4.72. The number of hydrogen-bond donors (Lipinski definition) is 1. The van der Waals surface area contributed by atoms with Crippen LogP contribution in [-0.4, -0.2) is 50.4 Å². The van der Waals surface area contributed by atoms with Gasteiger partial charge in [-0.1, -0.05) is 0 Å². The van der Waals surface area contributed by atoms with Crippen molar-refractivity contribution in [3.8, 4) is 0 Å². The number of hydrogen-bond acceptors (Lipinski definition) is 5.